The van der Waals surface area contributed by atoms with E-state index in [9.17, 15) is 9.90 Å². The maximum Gasteiger partial charge on any atom is 0.168 e. The molecule has 0 atom stereocenters. The van der Waals surface area contributed by atoms with E-state index in [1.54, 1.807) is 35.2 Å². The van der Waals surface area contributed by atoms with Crippen LogP contribution in [-0.4, -0.2) is 35.0 Å². The Kier molecular flexibility index (Phi) is 4.88. The van der Waals surface area contributed by atoms with Gasteiger partial charge in [0, 0.05) is 26.7 Å². The molecule has 0 aliphatic rings. The molecule has 1 heterocycles. The van der Waals surface area contributed by atoms with Gasteiger partial charge in [-0.3, -0.25) is 4.79 Å². The van der Waals surface area contributed by atoms with E-state index >= 15 is 0 Å². The molecular weight excluding hydrogens is 278 g/mol. The molecule has 0 unspecified atom stereocenters. The molecule has 0 saturated heterocycles. The van der Waals surface area contributed by atoms with Gasteiger partial charge in [0.25, 0.3) is 0 Å². The third kappa shape index (κ3) is 3.31. The van der Waals surface area contributed by atoms with Crippen molar-refractivity contribution in [3.63, 3.8) is 0 Å². The van der Waals surface area contributed by atoms with Gasteiger partial charge in [0.05, 0.1) is 11.1 Å². The summed E-state index contributed by atoms with van der Waals surface area (Å²) < 4.78 is 0. The van der Waals surface area contributed by atoms with Gasteiger partial charge in [0.15, 0.2) is 11.6 Å². The number of anilines is 1. The van der Waals surface area contributed by atoms with Crippen LogP contribution in [0.15, 0.2) is 43.1 Å². The lowest BCUT2D eigenvalue weighted by Gasteiger charge is -2.16. The summed E-state index contributed by atoms with van der Waals surface area (Å²) in [5, 5.41) is 9.92. The van der Waals surface area contributed by atoms with Crippen molar-refractivity contribution in [3.05, 3.63) is 48.7 Å². The molecule has 22 heavy (non-hydrogen) atoms. The van der Waals surface area contributed by atoms with E-state index in [0.29, 0.717) is 35.6 Å². The van der Waals surface area contributed by atoms with Gasteiger partial charge in [0.2, 0.25) is 0 Å². The highest BCUT2D eigenvalue weighted by atomic mass is 16.3. The number of carbonyl (C=O) groups excluding carboxylic acids is 1. The number of aromatic hydroxyl groups is 1. The Balaban J connectivity index is 2.46. The van der Waals surface area contributed by atoms with Crippen LogP contribution < -0.4 is 4.90 Å². The number of hydrogen-bond donors (Lipinski definition) is 1. The number of carbonyl (C=O) groups is 1. The Morgan fingerprint density at radius 2 is 2.09 bits per heavy atom. The zero-order chi connectivity index (χ0) is 16.1. The lowest BCUT2D eigenvalue weighted by atomic mass is 10.1. The first-order valence-electron chi connectivity index (χ1n) is 7.01. The number of allylic oxidation sites excluding steroid dienone is 1. The molecule has 2 aromatic rings. The van der Waals surface area contributed by atoms with Gasteiger partial charge in [-0.15, -0.1) is 6.58 Å². The number of phenols is 1. The largest absolute Gasteiger partial charge is 0.507 e. The minimum atomic E-state index is -0.0209. The first-order valence-corrected chi connectivity index (χ1v) is 7.01. The summed E-state index contributed by atoms with van der Waals surface area (Å²) in [6.45, 7) is 3.63. The average molecular weight is 297 g/mol. The highest BCUT2D eigenvalue weighted by Gasteiger charge is 2.17. The monoisotopic (exact) mass is 297 g/mol. The van der Waals surface area contributed by atoms with E-state index in [0.717, 1.165) is 0 Å². The van der Waals surface area contributed by atoms with E-state index < -0.39 is 0 Å². The number of rotatable bonds is 6. The van der Waals surface area contributed by atoms with E-state index in [1.807, 2.05) is 14.1 Å². The van der Waals surface area contributed by atoms with Crippen molar-refractivity contribution in [1.29, 1.82) is 0 Å². The zero-order valence-corrected chi connectivity index (χ0v) is 12.8. The topological polar surface area (TPSA) is 66.3 Å². The third-order valence-electron chi connectivity index (χ3n) is 3.21. The molecule has 0 aliphatic heterocycles. The summed E-state index contributed by atoms with van der Waals surface area (Å²) in [5.41, 5.74) is 1.02. The van der Waals surface area contributed by atoms with Crippen LogP contribution in [0.1, 0.15) is 23.2 Å². The normalized spacial score (nSPS) is 10.3. The summed E-state index contributed by atoms with van der Waals surface area (Å²) in [4.78, 5) is 22.7. The Morgan fingerprint density at radius 3 is 2.73 bits per heavy atom. The molecule has 0 fully saturated rings. The summed E-state index contributed by atoms with van der Waals surface area (Å²) >= 11 is 0. The standard InChI is InChI=1S/C17H19N3O2/c1-4-5-9-15(22)13-11-18-16(19-17(13)20(2)3)12-8-6-7-10-14(12)21/h4,6-8,10-11,21H,1,5,9H2,2-3H3. The number of ketones is 1. The highest BCUT2D eigenvalue weighted by Crippen LogP contribution is 2.28. The lowest BCUT2D eigenvalue weighted by molar-refractivity contribution is 0.0983. The molecular formula is C17H19N3O2. The van der Waals surface area contributed by atoms with Gasteiger partial charge < -0.3 is 10.0 Å². The van der Waals surface area contributed by atoms with E-state index in [2.05, 4.69) is 16.5 Å². The second-order valence-electron chi connectivity index (χ2n) is 5.09. The number of benzene rings is 1. The van der Waals surface area contributed by atoms with Crippen molar-refractivity contribution in [2.45, 2.75) is 12.8 Å². The Bertz CT molecular complexity index is 696. The minimum Gasteiger partial charge on any atom is -0.507 e. The molecule has 5 nitrogen and oxygen atoms in total. The van der Waals surface area contributed by atoms with Crippen LogP contribution in [0.2, 0.25) is 0 Å². The molecule has 0 aliphatic carbocycles. The van der Waals surface area contributed by atoms with Crippen molar-refractivity contribution in [1.82, 2.24) is 9.97 Å². The minimum absolute atomic E-state index is 0.0209. The van der Waals surface area contributed by atoms with Crippen LogP contribution in [0.3, 0.4) is 0 Å². The second-order valence-corrected chi connectivity index (χ2v) is 5.09. The van der Waals surface area contributed by atoms with E-state index in [-0.39, 0.29) is 11.5 Å². The third-order valence-corrected chi connectivity index (χ3v) is 3.21. The van der Waals surface area contributed by atoms with Crippen molar-refractivity contribution in [2.75, 3.05) is 19.0 Å². The summed E-state index contributed by atoms with van der Waals surface area (Å²) in [6.07, 6.45) is 4.23. The molecule has 0 saturated carbocycles. The predicted molar refractivity (Wildman–Crippen MR) is 87.2 cm³/mol. The first kappa shape index (κ1) is 15.7. The summed E-state index contributed by atoms with van der Waals surface area (Å²) in [5.74, 6) is 1.02. The van der Waals surface area contributed by atoms with Crippen molar-refractivity contribution < 1.29 is 9.90 Å². The molecule has 0 bridgehead atoms. The van der Waals surface area contributed by atoms with E-state index in [1.165, 1.54) is 6.20 Å². The van der Waals surface area contributed by atoms with Gasteiger partial charge in [-0.05, 0) is 18.6 Å². The van der Waals surface area contributed by atoms with Gasteiger partial charge in [-0.25, -0.2) is 9.97 Å². The lowest BCUT2D eigenvalue weighted by Crippen LogP contribution is -2.17. The van der Waals surface area contributed by atoms with Gasteiger partial charge in [0.1, 0.15) is 11.6 Å². The SMILES string of the molecule is C=CCCC(=O)c1cnc(-c2ccccc2O)nc1N(C)C. The average Bonchev–Trinajstić information content (AvgIpc) is 2.52. The van der Waals surface area contributed by atoms with Crippen LogP contribution in [0.25, 0.3) is 11.4 Å². The molecule has 0 spiro atoms. The molecule has 0 amide bonds. The van der Waals surface area contributed by atoms with Crippen LogP contribution in [0, 0.1) is 0 Å². The molecule has 114 valence electrons. The fraction of sp³-hybridized carbons (Fsp3) is 0.235. The number of phenolic OH excluding ortho intramolecular Hbond substituents is 1. The summed E-state index contributed by atoms with van der Waals surface area (Å²) in [6, 6.07) is 6.86. The predicted octanol–water partition coefficient (Wildman–Crippen LogP) is 3.06. The van der Waals surface area contributed by atoms with Crippen molar-refractivity contribution >= 4 is 11.6 Å². The quantitative estimate of drug-likeness (QED) is 0.655. The molecule has 2 rings (SSSR count). The number of hydrogen-bond acceptors (Lipinski definition) is 5. The molecule has 5 heteroatoms. The maximum absolute atomic E-state index is 12.2. The number of para-hydroxylation sites is 1. The van der Waals surface area contributed by atoms with Crippen LogP contribution >= 0.6 is 0 Å². The van der Waals surface area contributed by atoms with E-state index in [4.69, 9.17) is 0 Å². The molecule has 1 aromatic carbocycles. The van der Waals surface area contributed by atoms with Crippen LogP contribution in [0.4, 0.5) is 5.82 Å². The van der Waals surface area contributed by atoms with Gasteiger partial charge in [-0.2, -0.15) is 0 Å². The summed E-state index contributed by atoms with van der Waals surface area (Å²) in [7, 11) is 3.64. The number of Topliss-reactive ketones (excluding diaryl/α,β-unsaturated/α-hetero) is 1. The molecule has 0 radical (unpaired) electrons. The fourth-order valence-electron chi connectivity index (χ4n) is 2.07. The van der Waals surface area contributed by atoms with Crippen molar-refractivity contribution in [3.8, 4) is 17.1 Å². The van der Waals surface area contributed by atoms with Crippen molar-refractivity contribution in [2.24, 2.45) is 0 Å². The Hall–Kier alpha value is -2.69. The van der Waals surface area contributed by atoms with Crippen LogP contribution in [-0.2, 0) is 0 Å². The van der Waals surface area contributed by atoms with Gasteiger partial charge >= 0.3 is 0 Å². The number of aromatic nitrogens is 2. The number of nitrogens with zero attached hydrogens (tertiary/aromatic N) is 3. The maximum atomic E-state index is 12.2. The smallest absolute Gasteiger partial charge is 0.168 e. The van der Waals surface area contributed by atoms with Crippen LogP contribution in [0.5, 0.6) is 5.75 Å². The first-order chi connectivity index (χ1) is 10.5. The molecule has 1 aromatic heterocycles. The Labute approximate surface area is 130 Å². The molecule has 1 N–H and O–H groups in total. The highest BCUT2D eigenvalue weighted by molar-refractivity contribution is 6.00. The second kappa shape index (κ2) is 6.85. The zero-order valence-electron chi connectivity index (χ0n) is 12.8. The van der Waals surface area contributed by atoms with Gasteiger partial charge in [-0.1, -0.05) is 18.2 Å². The fourth-order valence-corrected chi connectivity index (χ4v) is 2.07. The Morgan fingerprint density at radius 1 is 1.36 bits per heavy atom.